The number of benzene rings is 2. The molecule has 0 unspecified atom stereocenters. The minimum atomic E-state index is -0.769. The minimum absolute atomic E-state index is 0.334. The monoisotopic (exact) mass is 363 g/mol. The molecule has 0 aliphatic rings. The molecule has 0 radical (unpaired) electrons. The average molecular weight is 363 g/mol. The van der Waals surface area contributed by atoms with Gasteiger partial charge in [0.15, 0.2) is 0 Å². The maximum absolute atomic E-state index is 12.6. The zero-order valence-electron chi connectivity index (χ0n) is 15.5. The first-order valence-electron chi connectivity index (χ1n) is 8.60. The van der Waals surface area contributed by atoms with Crippen molar-refractivity contribution < 1.29 is 9.53 Å². The van der Waals surface area contributed by atoms with Gasteiger partial charge < -0.3 is 10.1 Å². The smallest absolute Gasteiger partial charge is 0.267 e. The molecule has 0 bridgehead atoms. The van der Waals surface area contributed by atoms with Crippen LogP contribution in [0.1, 0.15) is 18.5 Å². The highest BCUT2D eigenvalue weighted by molar-refractivity contribution is 5.93. The Morgan fingerprint density at radius 2 is 1.85 bits per heavy atom. The van der Waals surface area contributed by atoms with E-state index in [-0.39, 0.29) is 11.5 Å². The van der Waals surface area contributed by atoms with Crippen molar-refractivity contribution in [2.75, 3.05) is 12.4 Å². The normalized spacial score (nSPS) is 11.7. The Hall–Kier alpha value is -3.41. The van der Waals surface area contributed by atoms with E-state index in [9.17, 15) is 9.59 Å². The van der Waals surface area contributed by atoms with Crippen molar-refractivity contribution in [2.24, 2.45) is 0 Å². The summed E-state index contributed by atoms with van der Waals surface area (Å²) in [6.45, 7) is 3.64. The number of anilines is 1. The summed E-state index contributed by atoms with van der Waals surface area (Å²) in [5, 5.41) is 7.18. The summed E-state index contributed by atoms with van der Waals surface area (Å²) in [4.78, 5) is 24.9. The van der Waals surface area contributed by atoms with Gasteiger partial charge >= 0.3 is 0 Å². The van der Waals surface area contributed by atoms with Crippen molar-refractivity contribution in [3.8, 4) is 17.0 Å². The summed E-state index contributed by atoms with van der Waals surface area (Å²) in [5.74, 6) is 0.302. The Morgan fingerprint density at radius 1 is 1.11 bits per heavy atom. The lowest BCUT2D eigenvalue weighted by Gasteiger charge is -2.15. The summed E-state index contributed by atoms with van der Waals surface area (Å²) >= 11 is 0. The molecule has 1 amide bonds. The number of nitrogens with one attached hydrogen (secondary N) is 1. The lowest BCUT2D eigenvalue weighted by atomic mass is 10.1. The Balaban J connectivity index is 1.85. The van der Waals surface area contributed by atoms with Gasteiger partial charge in [0.25, 0.3) is 5.56 Å². The Bertz CT molecular complexity index is 1010. The molecule has 3 aromatic rings. The highest BCUT2D eigenvalue weighted by atomic mass is 16.5. The summed E-state index contributed by atoms with van der Waals surface area (Å²) in [6, 6.07) is 17.2. The van der Waals surface area contributed by atoms with Crippen LogP contribution in [-0.4, -0.2) is 22.8 Å². The number of aryl methyl sites for hydroxylation is 1. The maximum Gasteiger partial charge on any atom is 0.267 e. The third kappa shape index (κ3) is 4.23. The Labute approximate surface area is 157 Å². The van der Waals surface area contributed by atoms with Gasteiger partial charge in [-0.3, -0.25) is 9.59 Å². The molecule has 2 aromatic carbocycles. The molecule has 1 N–H and O–H groups in total. The predicted molar refractivity (Wildman–Crippen MR) is 105 cm³/mol. The average Bonchev–Trinajstić information content (AvgIpc) is 2.68. The molecule has 3 rings (SSSR count). The van der Waals surface area contributed by atoms with Gasteiger partial charge in [0, 0.05) is 23.4 Å². The summed E-state index contributed by atoms with van der Waals surface area (Å²) in [6.07, 6.45) is 0. The second kappa shape index (κ2) is 7.86. The van der Waals surface area contributed by atoms with Crippen LogP contribution < -0.4 is 15.6 Å². The van der Waals surface area contributed by atoms with Gasteiger partial charge in [-0.05, 0) is 32.0 Å². The predicted octanol–water partition coefficient (Wildman–Crippen LogP) is 3.43. The van der Waals surface area contributed by atoms with Crippen LogP contribution in [0.15, 0.2) is 65.5 Å². The molecule has 1 atom stereocenters. The van der Waals surface area contributed by atoms with E-state index in [1.807, 2.05) is 31.2 Å². The quantitative estimate of drug-likeness (QED) is 0.754. The van der Waals surface area contributed by atoms with E-state index in [0.717, 1.165) is 11.1 Å². The molecule has 6 nitrogen and oxygen atoms in total. The minimum Gasteiger partial charge on any atom is -0.497 e. The van der Waals surface area contributed by atoms with E-state index in [1.54, 1.807) is 44.4 Å². The fraction of sp³-hybridized carbons (Fsp3) is 0.190. The van der Waals surface area contributed by atoms with Crippen molar-refractivity contribution >= 4 is 11.6 Å². The first-order chi connectivity index (χ1) is 13.0. The third-order valence-electron chi connectivity index (χ3n) is 4.26. The van der Waals surface area contributed by atoms with Crippen molar-refractivity contribution in [3.63, 3.8) is 0 Å². The standard InChI is InChI=1S/C21H21N3O3/c1-14-7-9-16(10-8-14)19-11-12-20(25)24(23-19)15(2)21(26)22-17-5-4-6-18(13-17)27-3/h4-13,15H,1-3H3,(H,22,26)/t15-/m0/s1. The van der Waals surface area contributed by atoms with E-state index in [2.05, 4.69) is 10.4 Å². The number of methoxy groups -OCH3 is 1. The zero-order valence-corrected chi connectivity index (χ0v) is 15.5. The van der Waals surface area contributed by atoms with Crippen LogP contribution in [0.4, 0.5) is 5.69 Å². The van der Waals surface area contributed by atoms with E-state index in [1.165, 1.54) is 10.7 Å². The number of carbonyl (C=O) groups excluding carboxylic acids is 1. The summed E-state index contributed by atoms with van der Waals surface area (Å²) in [5.41, 5.74) is 2.91. The maximum atomic E-state index is 12.6. The van der Waals surface area contributed by atoms with Crippen LogP contribution in [0, 0.1) is 6.92 Å². The number of ether oxygens (including phenoxy) is 1. The SMILES string of the molecule is COc1cccc(NC(=O)[C@H](C)n2nc(-c3ccc(C)cc3)ccc2=O)c1. The highest BCUT2D eigenvalue weighted by Crippen LogP contribution is 2.19. The van der Waals surface area contributed by atoms with E-state index < -0.39 is 6.04 Å². The van der Waals surface area contributed by atoms with Crippen LogP contribution >= 0.6 is 0 Å². The van der Waals surface area contributed by atoms with Gasteiger partial charge in [-0.1, -0.05) is 35.9 Å². The third-order valence-corrected chi connectivity index (χ3v) is 4.26. The van der Waals surface area contributed by atoms with Crippen LogP contribution in [0.5, 0.6) is 5.75 Å². The van der Waals surface area contributed by atoms with Gasteiger partial charge in [0.1, 0.15) is 11.8 Å². The van der Waals surface area contributed by atoms with Gasteiger partial charge in [-0.25, -0.2) is 4.68 Å². The molecule has 0 saturated carbocycles. The number of aromatic nitrogens is 2. The van der Waals surface area contributed by atoms with Gasteiger partial charge in [-0.15, -0.1) is 0 Å². The van der Waals surface area contributed by atoms with E-state index in [4.69, 9.17) is 4.74 Å². The summed E-state index contributed by atoms with van der Waals surface area (Å²) in [7, 11) is 1.56. The lowest BCUT2D eigenvalue weighted by molar-refractivity contribution is -0.119. The number of hydrogen-bond acceptors (Lipinski definition) is 4. The second-order valence-corrected chi connectivity index (χ2v) is 6.26. The molecule has 138 valence electrons. The summed E-state index contributed by atoms with van der Waals surface area (Å²) < 4.78 is 6.35. The molecular weight excluding hydrogens is 342 g/mol. The van der Waals surface area contributed by atoms with E-state index in [0.29, 0.717) is 17.1 Å². The molecule has 1 heterocycles. The van der Waals surface area contributed by atoms with Crippen LogP contribution in [0.2, 0.25) is 0 Å². The number of hydrogen-bond donors (Lipinski definition) is 1. The van der Waals surface area contributed by atoms with Crippen molar-refractivity contribution in [3.05, 3.63) is 76.6 Å². The Morgan fingerprint density at radius 3 is 2.56 bits per heavy atom. The van der Waals surface area contributed by atoms with Gasteiger partial charge in [0.2, 0.25) is 5.91 Å². The van der Waals surface area contributed by atoms with Crippen LogP contribution in [0.3, 0.4) is 0 Å². The molecule has 0 saturated heterocycles. The molecule has 0 aliphatic heterocycles. The fourth-order valence-corrected chi connectivity index (χ4v) is 2.64. The molecule has 1 aromatic heterocycles. The molecule has 0 aliphatic carbocycles. The fourth-order valence-electron chi connectivity index (χ4n) is 2.64. The van der Waals surface area contributed by atoms with Crippen LogP contribution in [0.25, 0.3) is 11.3 Å². The topological polar surface area (TPSA) is 73.2 Å². The lowest BCUT2D eigenvalue weighted by Crippen LogP contribution is -2.33. The number of carbonyl (C=O) groups is 1. The van der Waals surface area contributed by atoms with Crippen LogP contribution in [-0.2, 0) is 4.79 Å². The number of nitrogens with zero attached hydrogens (tertiary/aromatic N) is 2. The first-order valence-corrected chi connectivity index (χ1v) is 8.60. The number of rotatable bonds is 5. The highest BCUT2D eigenvalue weighted by Gasteiger charge is 2.18. The Kier molecular flexibility index (Phi) is 5.35. The second-order valence-electron chi connectivity index (χ2n) is 6.26. The molecular formula is C21H21N3O3. The van der Waals surface area contributed by atoms with Crippen molar-refractivity contribution in [1.82, 2.24) is 9.78 Å². The van der Waals surface area contributed by atoms with Crippen molar-refractivity contribution in [1.29, 1.82) is 0 Å². The molecule has 27 heavy (non-hydrogen) atoms. The molecule has 0 fully saturated rings. The van der Waals surface area contributed by atoms with E-state index >= 15 is 0 Å². The molecule has 0 spiro atoms. The number of amides is 1. The van der Waals surface area contributed by atoms with Gasteiger partial charge in [-0.2, -0.15) is 5.10 Å². The van der Waals surface area contributed by atoms with Crippen molar-refractivity contribution in [2.45, 2.75) is 19.9 Å². The van der Waals surface area contributed by atoms with Gasteiger partial charge in [0.05, 0.1) is 12.8 Å². The largest absolute Gasteiger partial charge is 0.497 e. The zero-order chi connectivity index (χ0) is 19.4. The first kappa shape index (κ1) is 18.4. The molecule has 6 heteroatoms.